The van der Waals surface area contributed by atoms with Gasteiger partial charge in [-0.05, 0) is 44.0 Å². The van der Waals surface area contributed by atoms with Crippen molar-refractivity contribution in [1.29, 1.82) is 0 Å². The Bertz CT molecular complexity index is 796. The number of rotatable bonds is 8. The van der Waals surface area contributed by atoms with Crippen LogP contribution in [0, 0.1) is 0 Å². The van der Waals surface area contributed by atoms with Crippen LogP contribution in [0.1, 0.15) is 50.6 Å². The maximum absolute atomic E-state index is 12.9. The van der Waals surface area contributed by atoms with Crippen molar-refractivity contribution >= 4 is 10.0 Å². The molecular weight excluding hydrogens is 360 g/mol. The quantitative estimate of drug-likeness (QED) is 0.752. The Labute approximate surface area is 162 Å². The van der Waals surface area contributed by atoms with Gasteiger partial charge in [-0.2, -0.15) is 5.10 Å². The lowest BCUT2D eigenvalue weighted by atomic mass is 10.1. The fraction of sp³-hybridized carbons (Fsp3) is 0.550. The summed E-state index contributed by atoms with van der Waals surface area (Å²) in [5, 5.41) is 4.39. The van der Waals surface area contributed by atoms with E-state index in [0.29, 0.717) is 13.1 Å². The first-order chi connectivity index (χ1) is 13.1. The average molecular weight is 391 g/mol. The highest BCUT2D eigenvalue weighted by molar-refractivity contribution is 7.89. The van der Waals surface area contributed by atoms with Crippen LogP contribution >= 0.6 is 0 Å². The predicted octanol–water partition coefficient (Wildman–Crippen LogP) is 3.19. The molecule has 1 aliphatic heterocycles. The van der Waals surface area contributed by atoms with Gasteiger partial charge in [-0.15, -0.1) is 0 Å². The Balaban J connectivity index is 1.78. The fourth-order valence-electron chi connectivity index (χ4n) is 3.73. The summed E-state index contributed by atoms with van der Waals surface area (Å²) in [4.78, 5) is 2.42. The molecule has 1 fully saturated rings. The van der Waals surface area contributed by atoms with E-state index in [1.165, 1.54) is 25.7 Å². The van der Waals surface area contributed by atoms with Gasteiger partial charge >= 0.3 is 0 Å². The lowest BCUT2D eigenvalue weighted by Gasteiger charge is -2.31. The first kappa shape index (κ1) is 20.0. The van der Waals surface area contributed by atoms with Crippen LogP contribution in [0.5, 0.6) is 0 Å². The van der Waals surface area contributed by atoms with Crippen molar-refractivity contribution in [3.63, 3.8) is 0 Å². The van der Waals surface area contributed by atoms with E-state index in [1.807, 2.05) is 25.1 Å². The number of sulfonamides is 1. The molecule has 2 aromatic rings. The summed E-state index contributed by atoms with van der Waals surface area (Å²) < 4.78 is 30.2. The highest BCUT2D eigenvalue weighted by atomic mass is 32.2. The minimum absolute atomic E-state index is 0.0432. The minimum Gasteiger partial charge on any atom is -0.295 e. The molecule has 1 N–H and O–H groups in total. The zero-order valence-corrected chi connectivity index (χ0v) is 16.9. The van der Waals surface area contributed by atoms with Gasteiger partial charge in [0.25, 0.3) is 10.0 Å². The van der Waals surface area contributed by atoms with Crippen LogP contribution in [0.3, 0.4) is 0 Å². The second-order valence-corrected chi connectivity index (χ2v) is 8.83. The molecule has 1 saturated heterocycles. The molecule has 1 atom stereocenters. The van der Waals surface area contributed by atoms with Gasteiger partial charge in [0.2, 0.25) is 0 Å². The van der Waals surface area contributed by atoms with Crippen molar-refractivity contribution in [3.8, 4) is 0 Å². The first-order valence-corrected chi connectivity index (χ1v) is 11.4. The van der Waals surface area contributed by atoms with Gasteiger partial charge in [-0.25, -0.2) is 13.1 Å². The molecule has 2 heterocycles. The summed E-state index contributed by atoms with van der Waals surface area (Å²) in [6.45, 7) is 4.99. The molecule has 0 radical (unpaired) electrons. The third kappa shape index (κ3) is 5.18. The van der Waals surface area contributed by atoms with Gasteiger partial charge < -0.3 is 0 Å². The highest BCUT2D eigenvalue weighted by Gasteiger charge is 2.25. The molecule has 1 aromatic heterocycles. The monoisotopic (exact) mass is 390 g/mol. The number of nitrogens with one attached hydrogen (secondary N) is 1. The SMILES string of the molecule is CCCn1nccc1S(=O)(=O)NCC(c1ccccc1)N1CCCCCC1. The van der Waals surface area contributed by atoms with Gasteiger partial charge in [0.1, 0.15) is 0 Å². The van der Waals surface area contributed by atoms with Gasteiger partial charge in [-0.1, -0.05) is 50.1 Å². The molecule has 0 bridgehead atoms. The topological polar surface area (TPSA) is 67.2 Å². The van der Waals surface area contributed by atoms with Crippen LogP contribution in [-0.4, -0.2) is 42.7 Å². The highest BCUT2D eigenvalue weighted by Crippen LogP contribution is 2.24. The lowest BCUT2D eigenvalue weighted by Crippen LogP contribution is -2.39. The maximum Gasteiger partial charge on any atom is 0.257 e. The molecule has 3 rings (SSSR count). The summed E-state index contributed by atoms with van der Waals surface area (Å²) >= 11 is 0. The average Bonchev–Trinajstić information content (AvgIpc) is 2.98. The number of hydrogen-bond acceptors (Lipinski definition) is 4. The Hall–Kier alpha value is -1.70. The Morgan fingerprint density at radius 2 is 1.78 bits per heavy atom. The molecule has 0 aliphatic carbocycles. The number of likely N-dealkylation sites (tertiary alicyclic amines) is 1. The van der Waals surface area contributed by atoms with E-state index in [2.05, 4.69) is 26.9 Å². The van der Waals surface area contributed by atoms with E-state index in [4.69, 9.17) is 0 Å². The van der Waals surface area contributed by atoms with Crippen molar-refractivity contribution in [1.82, 2.24) is 19.4 Å². The summed E-state index contributed by atoms with van der Waals surface area (Å²) in [5.74, 6) is 0. The van der Waals surface area contributed by atoms with Crippen LogP contribution in [0.4, 0.5) is 0 Å². The standard InChI is InChI=1S/C20H30N4O2S/c1-2-14-24-20(12-13-21-24)27(25,26)22-17-19(18-10-6-5-7-11-18)23-15-8-3-4-9-16-23/h5-7,10-13,19,22H,2-4,8-9,14-17H2,1H3. The molecule has 6 nitrogen and oxygen atoms in total. The summed E-state index contributed by atoms with van der Waals surface area (Å²) in [6.07, 6.45) is 7.22. The molecule has 1 aliphatic rings. The number of benzene rings is 1. The predicted molar refractivity (Wildman–Crippen MR) is 107 cm³/mol. The van der Waals surface area contributed by atoms with Gasteiger partial charge in [0, 0.05) is 19.1 Å². The van der Waals surface area contributed by atoms with Crippen LogP contribution in [0.25, 0.3) is 0 Å². The molecule has 0 spiro atoms. The van der Waals surface area contributed by atoms with E-state index >= 15 is 0 Å². The van der Waals surface area contributed by atoms with E-state index < -0.39 is 10.0 Å². The molecule has 27 heavy (non-hydrogen) atoms. The Morgan fingerprint density at radius 3 is 2.44 bits per heavy atom. The van der Waals surface area contributed by atoms with Crippen molar-refractivity contribution < 1.29 is 8.42 Å². The largest absolute Gasteiger partial charge is 0.295 e. The van der Waals surface area contributed by atoms with Gasteiger partial charge in [0.05, 0.1) is 6.20 Å². The second kappa shape index (κ2) is 9.48. The number of hydrogen-bond donors (Lipinski definition) is 1. The number of aryl methyl sites for hydroxylation is 1. The fourth-order valence-corrected chi connectivity index (χ4v) is 4.91. The molecular formula is C20H30N4O2S. The first-order valence-electron chi connectivity index (χ1n) is 9.92. The van der Waals surface area contributed by atoms with Crippen LogP contribution in [-0.2, 0) is 16.6 Å². The smallest absolute Gasteiger partial charge is 0.257 e. The molecule has 0 saturated carbocycles. The van der Waals surface area contributed by atoms with Crippen molar-refractivity contribution in [2.75, 3.05) is 19.6 Å². The third-order valence-corrected chi connectivity index (χ3v) is 6.56. The van der Waals surface area contributed by atoms with Crippen LogP contribution in [0.15, 0.2) is 47.6 Å². The normalized spacial score (nSPS) is 17.5. The van der Waals surface area contributed by atoms with Gasteiger partial charge in [-0.3, -0.25) is 9.58 Å². The van der Waals surface area contributed by atoms with Crippen LogP contribution < -0.4 is 4.72 Å². The number of nitrogens with zero attached hydrogens (tertiary/aromatic N) is 3. The van der Waals surface area contributed by atoms with Crippen molar-refractivity contribution in [2.45, 2.75) is 56.6 Å². The van der Waals surface area contributed by atoms with E-state index in [-0.39, 0.29) is 11.1 Å². The summed E-state index contributed by atoms with van der Waals surface area (Å²) in [5.41, 5.74) is 1.16. The third-order valence-electron chi connectivity index (χ3n) is 5.12. The zero-order chi connectivity index (χ0) is 19.1. The summed E-state index contributed by atoms with van der Waals surface area (Å²) in [6, 6.07) is 11.8. The van der Waals surface area contributed by atoms with Crippen molar-refractivity contribution in [3.05, 3.63) is 48.2 Å². The van der Waals surface area contributed by atoms with E-state index in [1.54, 1.807) is 16.9 Å². The second-order valence-electron chi connectivity index (χ2n) is 7.12. The molecule has 7 heteroatoms. The molecule has 148 valence electrons. The molecule has 0 amide bonds. The molecule has 1 aromatic carbocycles. The van der Waals surface area contributed by atoms with Gasteiger partial charge in [0.15, 0.2) is 5.03 Å². The minimum atomic E-state index is -3.60. The Kier molecular flexibility index (Phi) is 7.04. The van der Waals surface area contributed by atoms with Crippen LogP contribution in [0.2, 0.25) is 0 Å². The Morgan fingerprint density at radius 1 is 1.07 bits per heavy atom. The summed E-state index contributed by atoms with van der Waals surface area (Å²) in [7, 11) is -3.60. The van der Waals surface area contributed by atoms with E-state index in [0.717, 1.165) is 25.1 Å². The maximum atomic E-state index is 12.9. The number of aromatic nitrogens is 2. The molecule has 1 unspecified atom stereocenters. The van der Waals surface area contributed by atoms with Crippen molar-refractivity contribution in [2.24, 2.45) is 0 Å². The zero-order valence-electron chi connectivity index (χ0n) is 16.0. The lowest BCUT2D eigenvalue weighted by molar-refractivity contribution is 0.206. The van der Waals surface area contributed by atoms with E-state index in [9.17, 15) is 8.42 Å².